The highest BCUT2D eigenvalue weighted by atomic mass is 16.6. The average Bonchev–Trinajstić information content (AvgIpc) is 2.62. The molecule has 118 valence electrons. The molecule has 0 atom stereocenters. The molecule has 3 aromatic rings. The summed E-state index contributed by atoms with van der Waals surface area (Å²) in [5.74, 6) is -0.152. The van der Waals surface area contributed by atoms with Gasteiger partial charge in [-0.05, 0) is 24.1 Å². The molecule has 0 aliphatic heterocycles. The Morgan fingerprint density at radius 2 is 1.54 bits per heavy atom. The van der Waals surface area contributed by atoms with E-state index >= 15 is 0 Å². The zero-order chi connectivity index (χ0) is 17.1. The van der Waals surface area contributed by atoms with Crippen molar-refractivity contribution >= 4 is 11.5 Å². The molecule has 0 radical (unpaired) electrons. The van der Waals surface area contributed by atoms with Crippen molar-refractivity contribution in [3.05, 3.63) is 99.6 Å². The molecule has 0 unspecified atom stereocenters. The van der Waals surface area contributed by atoms with Crippen LogP contribution in [-0.4, -0.2) is 10.7 Å². The molecular formula is C20H15NO3. The number of carbonyl (C=O) groups is 1. The fourth-order valence-corrected chi connectivity index (χ4v) is 2.68. The van der Waals surface area contributed by atoms with Crippen LogP contribution in [0.4, 0.5) is 5.69 Å². The monoisotopic (exact) mass is 317 g/mol. The molecule has 0 heterocycles. The van der Waals surface area contributed by atoms with Gasteiger partial charge in [0, 0.05) is 17.2 Å². The maximum absolute atomic E-state index is 12.8. The Labute approximate surface area is 139 Å². The lowest BCUT2D eigenvalue weighted by Crippen LogP contribution is -2.04. The predicted molar refractivity (Wildman–Crippen MR) is 93.1 cm³/mol. The average molecular weight is 317 g/mol. The zero-order valence-corrected chi connectivity index (χ0v) is 13.1. The highest BCUT2D eigenvalue weighted by molar-refractivity contribution is 6.13. The topological polar surface area (TPSA) is 60.2 Å². The summed E-state index contributed by atoms with van der Waals surface area (Å²) in [5.41, 5.74) is 2.83. The minimum absolute atomic E-state index is 0.00307. The van der Waals surface area contributed by atoms with E-state index in [1.165, 1.54) is 6.07 Å². The van der Waals surface area contributed by atoms with E-state index < -0.39 is 4.92 Å². The first-order chi connectivity index (χ1) is 11.6. The summed E-state index contributed by atoms with van der Waals surface area (Å²) in [5, 5.41) is 11.4. The summed E-state index contributed by atoms with van der Waals surface area (Å²) in [6, 6.07) is 20.9. The molecule has 0 spiro atoms. The van der Waals surface area contributed by atoms with Crippen molar-refractivity contribution in [2.75, 3.05) is 0 Å². The molecule has 0 fully saturated rings. The first-order valence-electron chi connectivity index (χ1n) is 7.52. The molecule has 4 nitrogen and oxygen atoms in total. The molecule has 0 bridgehead atoms. The van der Waals surface area contributed by atoms with Crippen molar-refractivity contribution in [2.45, 2.75) is 6.92 Å². The maximum atomic E-state index is 12.8. The van der Waals surface area contributed by atoms with Gasteiger partial charge in [0.1, 0.15) is 0 Å². The number of hydrogen-bond acceptors (Lipinski definition) is 3. The molecule has 24 heavy (non-hydrogen) atoms. The van der Waals surface area contributed by atoms with E-state index in [9.17, 15) is 14.9 Å². The molecule has 0 N–H and O–H groups in total. The van der Waals surface area contributed by atoms with Crippen LogP contribution in [0, 0.1) is 17.0 Å². The third-order valence-corrected chi connectivity index (χ3v) is 3.85. The molecule has 3 aromatic carbocycles. The molecule has 0 aliphatic carbocycles. The summed E-state index contributed by atoms with van der Waals surface area (Å²) in [6.07, 6.45) is 0. The largest absolute Gasteiger partial charge is 0.289 e. The lowest BCUT2D eigenvalue weighted by molar-refractivity contribution is -0.384. The highest BCUT2D eigenvalue weighted by Crippen LogP contribution is 2.33. The van der Waals surface area contributed by atoms with Crippen LogP contribution in [0.1, 0.15) is 21.5 Å². The fourth-order valence-electron chi connectivity index (χ4n) is 2.68. The van der Waals surface area contributed by atoms with Crippen LogP contribution in [0.15, 0.2) is 72.8 Å². The maximum Gasteiger partial charge on any atom is 0.277 e. The van der Waals surface area contributed by atoms with E-state index in [-0.39, 0.29) is 11.5 Å². The normalized spacial score (nSPS) is 10.4. The summed E-state index contributed by atoms with van der Waals surface area (Å²) in [6.45, 7) is 1.80. The van der Waals surface area contributed by atoms with Gasteiger partial charge >= 0.3 is 0 Å². The van der Waals surface area contributed by atoms with Gasteiger partial charge in [0.15, 0.2) is 5.78 Å². The Morgan fingerprint density at radius 1 is 0.875 bits per heavy atom. The SMILES string of the molecule is Cc1ccc(-c2ccccc2C(=O)c2ccccc2)c([N+](=O)[O-])c1. The van der Waals surface area contributed by atoms with Crippen molar-refractivity contribution in [2.24, 2.45) is 0 Å². The second-order valence-electron chi connectivity index (χ2n) is 5.52. The molecule has 0 amide bonds. The Hall–Kier alpha value is -3.27. The predicted octanol–water partition coefficient (Wildman–Crippen LogP) is 4.80. The summed E-state index contributed by atoms with van der Waals surface area (Å²) in [7, 11) is 0. The number of nitro benzene ring substituents is 1. The second kappa shape index (κ2) is 6.46. The van der Waals surface area contributed by atoms with E-state index in [0.29, 0.717) is 22.3 Å². The van der Waals surface area contributed by atoms with Gasteiger partial charge in [0.25, 0.3) is 5.69 Å². The van der Waals surface area contributed by atoms with E-state index in [1.807, 2.05) is 12.1 Å². The Balaban J connectivity index is 2.18. The molecule has 0 saturated heterocycles. The number of nitro groups is 1. The highest BCUT2D eigenvalue weighted by Gasteiger charge is 2.21. The fraction of sp³-hybridized carbons (Fsp3) is 0.0500. The van der Waals surface area contributed by atoms with Crippen LogP contribution in [0.25, 0.3) is 11.1 Å². The number of nitrogens with zero attached hydrogens (tertiary/aromatic N) is 1. The van der Waals surface area contributed by atoms with Crippen LogP contribution in [0.3, 0.4) is 0 Å². The first-order valence-corrected chi connectivity index (χ1v) is 7.52. The second-order valence-corrected chi connectivity index (χ2v) is 5.52. The van der Waals surface area contributed by atoms with Crippen LogP contribution in [0.2, 0.25) is 0 Å². The zero-order valence-electron chi connectivity index (χ0n) is 13.1. The number of hydrogen-bond donors (Lipinski definition) is 0. The summed E-state index contributed by atoms with van der Waals surface area (Å²) in [4.78, 5) is 23.8. The van der Waals surface area contributed by atoms with Gasteiger partial charge in [0.2, 0.25) is 0 Å². The van der Waals surface area contributed by atoms with Crippen LogP contribution < -0.4 is 0 Å². The van der Waals surface area contributed by atoms with Crippen molar-refractivity contribution in [3.63, 3.8) is 0 Å². The first kappa shape index (κ1) is 15.6. The van der Waals surface area contributed by atoms with Crippen LogP contribution in [0.5, 0.6) is 0 Å². The van der Waals surface area contributed by atoms with Crippen molar-refractivity contribution in [3.8, 4) is 11.1 Å². The van der Waals surface area contributed by atoms with Gasteiger partial charge in [-0.3, -0.25) is 14.9 Å². The quantitative estimate of drug-likeness (QED) is 0.394. The third kappa shape index (κ3) is 2.94. The Kier molecular flexibility index (Phi) is 4.20. The summed E-state index contributed by atoms with van der Waals surface area (Å²) < 4.78 is 0. The third-order valence-electron chi connectivity index (χ3n) is 3.85. The lowest BCUT2D eigenvalue weighted by atomic mass is 9.92. The molecule has 0 aliphatic rings. The standard InChI is InChI=1S/C20H15NO3/c1-14-11-12-17(19(13-14)21(23)24)16-9-5-6-10-18(16)20(22)15-7-3-2-4-8-15/h2-13H,1H3. The molecule has 0 aromatic heterocycles. The van der Waals surface area contributed by atoms with Gasteiger partial charge in [-0.15, -0.1) is 0 Å². The van der Waals surface area contributed by atoms with Gasteiger partial charge in [-0.1, -0.05) is 60.7 Å². The van der Waals surface area contributed by atoms with Crippen molar-refractivity contribution < 1.29 is 9.72 Å². The smallest absolute Gasteiger partial charge is 0.277 e. The number of benzene rings is 3. The molecular weight excluding hydrogens is 302 g/mol. The van der Waals surface area contributed by atoms with E-state index in [1.54, 1.807) is 61.5 Å². The van der Waals surface area contributed by atoms with Crippen LogP contribution >= 0.6 is 0 Å². The van der Waals surface area contributed by atoms with E-state index in [2.05, 4.69) is 0 Å². The van der Waals surface area contributed by atoms with E-state index in [0.717, 1.165) is 5.56 Å². The minimum Gasteiger partial charge on any atom is -0.289 e. The molecule has 0 saturated carbocycles. The Morgan fingerprint density at radius 3 is 2.25 bits per heavy atom. The van der Waals surface area contributed by atoms with Gasteiger partial charge in [-0.2, -0.15) is 0 Å². The van der Waals surface area contributed by atoms with E-state index in [4.69, 9.17) is 0 Å². The number of carbonyl (C=O) groups excluding carboxylic acids is 1. The number of ketones is 1. The number of rotatable bonds is 4. The van der Waals surface area contributed by atoms with Crippen molar-refractivity contribution in [1.29, 1.82) is 0 Å². The van der Waals surface area contributed by atoms with Gasteiger partial charge < -0.3 is 0 Å². The molecule has 3 rings (SSSR count). The number of aryl methyl sites for hydroxylation is 1. The van der Waals surface area contributed by atoms with Crippen molar-refractivity contribution in [1.82, 2.24) is 0 Å². The van der Waals surface area contributed by atoms with Crippen LogP contribution in [-0.2, 0) is 0 Å². The summed E-state index contributed by atoms with van der Waals surface area (Å²) >= 11 is 0. The Bertz CT molecular complexity index is 917. The van der Waals surface area contributed by atoms with Gasteiger partial charge in [0.05, 0.1) is 10.5 Å². The molecule has 4 heteroatoms. The van der Waals surface area contributed by atoms with Gasteiger partial charge in [-0.25, -0.2) is 0 Å². The lowest BCUT2D eigenvalue weighted by Gasteiger charge is -2.10. The minimum atomic E-state index is -0.411.